The predicted molar refractivity (Wildman–Crippen MR) is 109 cm³/mol. The van der Waals surface area contributed by atoms with E-state index in [-0.39, 0.29) is 0 Å². The van der Waals surface area contributed by atoms with Crippen molar-refractivity contribution in [3.8, 4) is 24.2 Å². The summed E-state index contributed by atoms with van der Waals surface area (Å²) in [6.07, 6.45) is 4.37. The van der Waals surface area contributed by atoms with Crippen LogP contribution < -0.4 is 10.6 Å². The number of rotatable bonds is 5. The van der Waals surface area contributed by atoms with Crippen LogP contribution in [0.4, 0.5) is 4.79 Å². The summed E-state index contributed by atoms with van der Waals surface area (Å²) < 4.78 is 10.0. The summed E-state index contributed by atoms with van der Waals surface area (Å²) in [5.74, 6) is 6.20. The average Bonchev–Trinajstić information content (AvgIpc) is 2.61. The first-order valence-corrected chi connectivity index (χ1v) is 8.86. The molecule has 0 bridgehead atoms. The van der Waals surface area contributed by atoms with Gasteiger partial charge in [-0.2, -0.15) is 0 Å². The van der Waals surface area contributed by atoms with Gasteiger partial charge in [0.1, 0.15) is 11.6 Å². The number of benzene rings is 1. The van der Waals surface area contributed by atoms with Gasteiger partial charge in [-0.1, -0.05) is 5.92 Å². The molecule has 1 atom stereocenters. The molecule has 2 N–H and O–H groups in total. The molecule has 7 heteroatoms. The molecule has 0 radical (unpaired) electrons. The Morgan fingerprint density at radius 3 is 2.14 bits per heavy atom. The molecule has 154 valence electrons. The maximum absolute atomic E-state index is 12.6. The lowest BCUT2D eigenvalue weighted by Gasteiger charge is -2.34. The van der Waals surface area contributed by atoms with Gasteiger partial charge in [0.25, 0.3) is 5.91 Å². The van der Waals surface area contributed by atoms with Crippen molar-refractivity contribution in [2.45, 2.75) is 51.8 Å². The van der Waals surface area contributed by atoms with E-state index in [0.717, 1.165) is 0 Å². The zero-order chi connectivity index (χ0) is 22.2. The van der Waals surface area contributed by atoms with Crippen molar-refractivity contribution in [1.29, 1.82) is 0 Å². The fourth-order valence-corrected chi connectivity index (χ4v) is 2.32. The molecular formula is C22H26N2O5. The smallest absolute Gasteiger partial charge is 0.408 e. The maximum Gasteiger partial charge on any atom is 0.408 e. The SMILES string of the molecule is C#CC#Cc1ccc(C(=O)N[C@H](C(=O)OC)C(C)(C)NC(=O)OC(C)(C)C)cc1. The van der Waals surface area contributed by atoms with E-state index in [4.69, 9.17) is 15.9 Å². The van der Waals surface area contributed by atoms with E-state index in [1.54, 1.807) is 58.9 Å². The Balaban J connectivity index is 3.00. The highest BCUT2D eigenvalue weighted by Crippen LogP contribution is 2.15. The topological polar surface area (TPSA) is 93.7 Å². The second-order valence-corrected chi connectivity index (χ2v) is 7.75. The van der Waals surface area contributed by atoms with Crippen LogP contribution in [0.25, 0.3) is 0 Å². The van der Waals surface area contributed by atoms with Crippen LogP contribution in [0.1, 0.15) is 50.5 Å². The normalized spacial score (nSPS) is 11.8. The minimum atomic E-state index is -1.19. The number of terminal acetylenes is 1. The zero-order valence-electron chi connectivity index (χ0n) is 17.5. The molecule has 0 aliphatic carbocycles. The van der Waals surface area contributed by atoms with Crippen LogP contribution in [0.15, 0.2) is 24.3 Å². The van der Waals surface area contributed by atoms with E-state index in [0.29, 0.717) is 11.1 Å². The van der Waals surface area contributed by atoms with Gasteiger partial charge in [0.2, 0.25) is 0 Å². The fourth-order valence-electron chi connectivity index (χ4n) is 2.32. The fraction of sp³-hybridized carbons (Fsp3) is 0.409. The summed E-state index contributed by atoms with van der Waals surface area (Å²) >= 11 is 0. The van der Waals surface area contributed by atoms with Gasteiger partial charge in [-0.3, -0.25) is 4.79 Å². The number of ether oxygens (including phenoxy) is 2. The third kappa shape index (κ3) is 7.59. The van der Waals surface area contributed by atoms with E-state index in [2.05, 4.69) is 28.4 Å². The maximum atomic E-state index is 12.6. The molecule has 0 fully saturated rings. The van der Waals surface area contributed by atoms with Crippen LogP contribution in [0, 0.1) is 24.2 Å². The van der Waals surface area contributed by atoms with Gasteiger partial charge in [-0.25, -0.2) is 9.59 Å². The monoisotopic (exact) mass is 398 g/mol. The first kappa shape index (κ1) is 23.6. The molecule has 0 aliphatic heterocycles. The molecule has 2 amide bonds. The molecule has 0 heterocycles. The molecule has 7 nitrogen and oxygen atoms in total. The minimum Gasteiger partial charge on any atom is -0.467 e. The number of methoxy groups -OCH3 is 1. The minimum absolute atomic E-state index is 0.304. The largest absolute Gasteiger partial charge is 0.467 e. The van der Waals surface area contributed by atoms with Crippen LogP contribution in [0.3, 0.4) is 0 Å². The highest BCUT2D eigenvalue weighted by atomic mass is 16.6. The summed E-state index contributed by atoms with van der Waals surface area (Å²) in [6, 6.07) is 5.22. The third-order valence-electron chi connectivity index (χ3n) is 3.68. The molecule has 0 aromatic heterocycles. The Morgan fingerprint density at radius 2 is 1.66 bits per heavy atom. The number of alkyl carbamates (subject to hydrolysis) is 1. The van der Waals surface area contributed by atoms with E-state index in [1.165, 1.54) is 7.11 Å². The summed E-state index contributed by atoms with van der Waals surface area (Å²) in [4.78, 5) is 37.1. The van der Waals surface area contributed by atoms with Crippen molar-refractivity contribution in [3.63, 3.8) is 0 Å². The Morgan fingerprint density at radius 1 is 1.07 bits per heavy atom. The molecule has 1 rings (SSSR count). The zero-order valence-corrected chi connectivity index (χ0v) is 17.5. The second kappa shape index (κ2) is 9.66. The van der Waals surface area contributed by atoms with E-state index >= 15 is 0 Å². The number of hydrogen-bond donors (Lipinski definition) is 2. The highest BCUT2D eigenvalue weighted by Gasteiger charge is 2.39. The lowest BCUT2D eigenvalue weighted by Crippen LogP contribution is -2.62. The molecule has 1 aromatic rings. The molecular weight excluding hydrogens is 372 g/mol. The lowest BCUT2D eigenvalue weighted by molar-refractivity contribution is -0.144. The van der Waals surface area contributed by atoms with Gasteiger partial charge in [0.15, 0.2) is 0 Å². The van der Waals surface area contributed by atoms with E-state index in [1.807, 2.05) is 0 Å². The van der Waals surface area contributed by atoms with Gasteiger partial charge in [0, 0.05) is 11.1 Å². The van der Waals surface area contributed by atoms with Crippen molar-refractivity contribution < 1.29 is 23.9 Å². The summed E-state index contributed by atoms with van der Waals surface area (Å²) in [5.41, 5.74) is -0.952. The molecule has 0 spiro atoms. The van der Waals surface area contributed by atoms with Gasteiger partial charge >= 0.3 is 12.1 Å². The molecule has 29 heavy (non-hydrogen) atoms. The van der Waals surface area contributed by atoms with Crippen molar-refractivity contribution in [2.24, 2.45) is 0 Å². The third-order valence-corrected chi connectivity index (χ3v) is 3.68. The first-order chi connectivity index (χ1) is 13.4. The predicted octanol–water partition coefficient (Wildman–Crippen LogP) is 2.25. The standard InChI is InChI=1S/C22H26N2O5/c1-8-9-10-15-11-13-16(14-12-15)18(25)23-17(19(26)28-7)22(5,6)24-20(27)29-21(2,3)4/h1,11-14,17H,2-7H3,(H,23,25)(H,24,27)/t17-/m1/s1. The van der Waals surface area contributed by atoms with Crippen LogP contribution in [-0.4, -0.2) is 42.3 Å². The van der Waals surface area contributed by atoms with Crippen molar-refractivity contribution in [2.75, 3.05) is 7.11 Å². The van der Waals surface area contributed by atoms with Gasteiger partial charge in [-0.05, 0) is 70.7 Å². The first-order valence-electron chi connectivity index (χ1n) is 8.86. The van der Waals surface area contributed by atoms with Crippen molar-refractivity contribution in [3.05, 3.63) is 35.4 Å². The van der Waals surface area contributed by atoms with Gasteiger partial charge in [-0.15, -0.1) is 6.42 Å². The highest BCUT2D eigenvalue weighted by molar-refractivity contribution is 5.97. The lowest BCUT2D eigenvalue weighted by atomic mass is 9.94. The summed E-state index contributed by atoms with van der Waals surface area (Å²) in [5, 5.41) is 5.21. The Labute approximate surface area is 171 Å². The Bertz CT molecular complexity index is 862. The van der Waals surface area contributed by atoms with Crippen molar-refractivity contribution >= 4 is 18.0 Å². The van der Waals surface area contributed by atoms with E-state index < -0.39 is 35.2 Å². The van der Waals surface area contributed by atoms with Gasteiger partial charge in [0.05, 0.1) is 12.6 Å². The van der Waals surface area contributed by atoms with Crippen LogP contribution in [-0.2, 0) is 14.3 Å². The number of esters is 1. The number of hydrogen-bond acceptors (Lipinski definition) is 5. The Kier molecular flexibility index (Phi) is 7.85. The van der Waals surface area contributed by atoms with Gasteiger partial charge < -0.3 is 20.1 Å². The molecule has 1 aromatic carbocycles. The summed E-state index contributed by atoms with van der Waals surface area (Å²) in [6.45, 7) is 8.32. The van der Waals surface area contributed by atoms with Crippen LogP contribution in [0.2, 0.25) is 0 Å². The quantitative estimate of drug-likeness (QED) is 0.586. The number of amides is 2. The van der Waals surface area contributed by atoms with Crippen LogP contribution >= 0.6 is 0 Å². The second-order valence-electron chi connectivity index (χ2n) is 7.75. The number of carbonyl (C=O) groups excluding carboxylic acids is 3. The van der Waals surface area contributed by atoms with E-state index in [9.17, 15) is 14.4 Å². The summed E-state index contributed by atoms with van der Waals surface area (Å²) in [7, 11) is 1.20. The Hall–Kier alpha value is -3.45. The average molecular weight is 398 g/mol. The molecule has 0 saturated carbocycles. The van der Waals surface area contributed by atoms with Crippen molar-refractivity contribution in [1.82, 2.24) is 10.6 Å². The van der Waals surface area contributed by atoms with Crippen LogP contribution in [0.5, 0.6) is 0 Å². The molecule has 0 aliphatic rings. The molecule has 0 saturated heterocycles. The number of carbonyl (C=O) groups is 3. The number of nitrogens with one attached hydrogen (secondary N) is 2. The molecule has 0 unspecified atom stereocenters.